The van der Waals surface area contributed by atoms with Crippen molar-refractivity contribution in [3.05, 3.63) is 101 Å². The van der Waals surface area contributed by atoms with E-state index in [1.54, 1.807) is 24.3 Å². The maximum absolute atomic E-state index is 14.0. The van der Waals surface area contributed by atoms with Gasteiger partial charge in [-0.15, -0.1) is 0 Å². The second kappa shape index (κ2) is 12.1. The number of carbonyl (C=O) groups is 2. The molecule has 2 amide bonds. The third kappa shape index (κ3) is 6.99. The number of aryl methyl sites for hydroxylation is 2. The van der Waals surface area contributed by atoms with Crippen molar-refractivity contribution in [3.63, 3.8) is 0 Å². The van der Waals surface area contributed by atoms with Crippen LogP contribution in [0.4, 0.5) is 10.1 Å². The van der Waals surface area contributed by atoms with Gasteiger partial charge in [0, 0.05) is 30.9 Å². The summed E-state index contributed by atoms with van der Waals surface area (Å²) in [6, 6.07) is 21.3. The van der Waals surface area contributed by atoms with Crippen LogP contribution >= 0.6 is 0 Å². The van der Waals surface area contributed by atoms with E-state index in [1.807, 2.05) is 49.0 Å². The van der Waals surface area contributed by atoms with Crippen LogP contribution in [0.25, 0.3) is 0 Å². The minimum Gasteiger partial charge on any atom is -0.337 e. The summed E-state index contributed by atoms with van der Waals surface area (Å²) in [5, 5.41) is 2.76. The molecule has 0 bridgehead atoms. The minimum absolute atomic E-state index is 0.0350. The van der Waals surface area contributed by atoms with Crippen LogP contribution in [0.1, 0.15) is 38.3 Å². The first-order valence-electron chi connectivity index (χ1n) is 11.5. The maximum atomic E-state index is 14.0. The lowest BCUT2D eigenvalue weighted by molar-refractivity contribution is 0.0742. The summed E-state index contributed by atoms with van der Waals surface area (Å²) in [4.78, 5) is 29.9. The van der Waals surface area contributed by atoms with E-state index in [2.05, 4.69) is 17.4 Å². The van der Waals surface area contributed by atoms with Crippen molar-refractivity contribution in [2.24, 2.45) is 0 Å². The Bertz CT molecular complexity index is 1120. The zero-order valence-electron chi connectivity index (χ0n) is 20.1. The molecule has 0 unspecified atom stereocenters. The van der Waals surface area contributed by atoms with E-state index in [0.29, 0.717) is 24.3 Å². The molecule has 3 rings (SSSR count). The molecule has 0 saturated carbocycles. The van der Waals surface area contributed by atoms with Gasteiger partial charge in [-0.3, -0.25) is 9.59 Å². The van der Waals surface area contributed by atoms with Gasteiger partial charge < -0.3 is 15.1 Å². The highest BCUT2D eigenvalue weighted by molar-refractivity contribution is 6.05. The summed E-state index contributed by atoms with van der Waals surface area (Å²) in [5.74, 6) is -1.22. The van der Waals surface area contributed by atoms with Gasteiger partial charge >= 0.3 is 0 Å². The molecule has 0 saturated heterocycles. The second-order valence-electron chi connectivity index (χ2n) is 8.65. The lowest BCUT2D eigenvalue weighted by Crippen LogP contribution is -2.37. The molecule has 0 aliphatic rings. The lowest BCUT2D eigenvalue weighted by atomic mass is 10.1. The second-order valence-corrected chi connectivity index (χ2v) is 8.65. The molecule has 0 spiro atoms. The first-order chi connectivity index (χ1) is 16.3. The SMILES string of the molecule is Cc1ccc(C(=O)N(CCCc2ccccc2)CCN(C)C)cc1NC(=O)c1ccccc1F. The fraction of sp³-hybridized carbons (Fsp3) is 0.286. The molecule has 0 atom stereocenters. The number of hydrogen-bond donors (Lipinski definition) is 1. The number of rotatable bonds is 10. The molecular weight excluding hydrogens is 429 g/mol. The van der Waals surface area contributed by atoms with Gasteiger partial charge in [-0.25, -0.2) is 4.39 Å². The van der Waals surface area contributed by atoms with Gasteiger partial charge in [0.25, 0.3) is 11.8 Å². The maximum Gasteiger partial charge on any atom is 0.258 e. The molecule has 3 aromatic carbocycles. The zero-order chi connectivity index (χ0) is 24.5. The summed E-state index contributed by atoms with van der Waals surface area (Å²) in [6.07, 6.45) is 1.75. The van der Waals surface area contributed by atoms with Crippen LogP contribution in [-0.2, 0) is 6.42 Å². The average molecular weight is 462 g/mol. The van der Waals surface area contributed by atoms with E-state index in [0.717, 1.165) is 24.9 Å². The number of hydrogen-bond acceptors (Lipinski definition) is 3. The number of carbonyl (C=O) groups excluding carboxylic acids is 2. The van der Waals surface area contributed by atoms with Crippen LogP contribution < -0.4 is 5.32 Å². The summed E-state index contributed by atoms with van der Waals surface area (Å²) in [6.45, 7) is 3.83. The number of benzene rings is 3. The standard InChI is InChI=1S/C28H32FN3O2/c1-21-15-16-23(20-26(21)30-27(33)24-13-7-8-14-25(24)29)28(34)32(19-18-31(2)3)17-9-12-22-10-5-4-6-11-22/h4-8,10-11,13-16,20H,9,12,17-19H2,1-3H3,(H,30,33). The lowest BCUT2D eigenvalue weighted by Gasteiger charge is -2.25. The van der Waals surface area contributed by atoms with Crippen molar-refractivity contribution in [3.8, 4) is 0 Å². The highest BCUT2D eigenvalue weighted by atomic mass is 19.1. The fourth-order valence-corrected chi connectivity index (χ4v) is 3.66. The molecular formula is C28H32FN3O2. The monoisotopic (exact) mass is 461 g/mol. The fourth-order valence-electron chi connectivity index (χ4n) is 3.66. The van der Waals surface area contributed by atoms with Crippen LogP contribution in [-0.4, -0.2) is 55.3 Å². The Kier molecular flexibility index (Phi) is 8.93. The smallest absolute Gasteiger partial charge is 0.258 e. The van der Waals surface area contributed by atoms with Crippen molar-refractivity contribution >= 4 is 17.5 Å². The van der Waals surface area contributed by atoms with Crippen LogP contribution in [0.2, 0.25) is 0 Å². The molecule has 0 aliphatic carbocycles. The van der Waals surface area contributed by atoms with E-state index in [4.69, 9.17) is 0 Å². The van der Waals surface area contributed by atoms with Crippen molar-refractivity contribution in [2.45, 2.75) is 19.8 Å². The summed E-state index contributed by atoms with van der Waals surface area (Å²) in [7, 11) is 3.96. The van der Waals surface area contributed by atoms with Crippen molar-refractivity contribution in [1.82, 2.24) is 9.80 Å². The van der Waals surface area contributed by atoms with Crippen molar-refractivity contribution in [1.29, 1.82) is 0 Å². The van der Waals surface area contributed by atoms with Gasteiger partial charge in [0.1, 0.15) is 5.82 Å². The van der Waals surface area contributed by atoms with Crippen LogP contribution in [0.5, 0.6) is 0 Å². The van der Waals surface area contributed by atoms with Gasteiger partial charge in [-0.1, -0.05) is 48.5 Å². The molecule has 34 heavy (non-hydrogen) atoms. The number of nitrogens with zero attached hydrogens (tertiary/aromatic N) is 2. The Morgan fingerprint density at radius 3 is 2.29 bits per heavy atom. The molecule has 0 heterocycles. The Hall–Kier alpha value is -3.51. The first-order valence-corrected chi connectivity index (χ1v) is 11.5. The van der Waals surface area contributed by atoms with E-state index >= 15 is 0 Å². The molecule has 0 aliphatic heterocycles. The molecule has 0 radical (unpaired) electrons. The van der Waals surface area contributed by atoms with E-state index in [1.165, 1.54) is 23.8 Å². The highest BCUT2D eigenvalue weighted by Gasteiger charge is 2.18. The number of anilines is 1. The molecule has 3 aromatic rings. The predicted octanol–water partition coefficient (Wildman–Crippen LogP) is 5.02. The van der Waals surface area contributed by atoms with E-state index in [9.17, 15) is 14.0 Å². The quantitative estimate of drug-likeness (QED) is 0.461. The Morgan fingerprint density at radius 1 is 0.882 bits per heavy atom. The summed E-state index contributed by atoms with van der Waals surface area (Å²) < 4.78 is 14.0. The molecule has 0 fully saturated rings. The van der Waals surface area contributed by atoms with Gasteiger partial charge in [-0.2, -0.15) is 0 Å². The third-order valence-electron chi connectivity index (χ3n) is 5.69. The average Bonchev–Trinajstić information content (AvgIpc) is 2.83. The van der Waals surface area contributed by atoms with Gasteiger partial charge in [0.05, 0.1) is 5.56 Å². The van der Waals surface area contributed by atoms with E-state index < -0.39 is 11.7 Å². The van der Waals surface area contributed by atoms with E-state index in [-0.39, 0.29) is 11.5 Å². The van der Waals surface area contributed by atoms with Crippen molar-refractivity contribution < 1.29 is 14.0 Å². The molecule has 178 valence electrons. The van der Waals surface area contributed by atoms with Gasteiger partial charge in [0.2, 0.25) is 0 Å². The first kappa shape index (κ1) is 25.1. The molecule has 5 nitrogen and oxygen atoms in total. The van der Waals surface area contributed by atoms with Crippen molar-refractivity contribution in [2.75, 3.05) is 39.0 Å². The Labute approximate surface area is 201 Å². The molecule has 6 heteroatoms. The molecule has 0 aromatic heterocycles. The number of nitrogens with one attached hydrogen (secondary N) is 1. The predicted molar refractivity (Wildman–Crippen MR) is 135 cm³/mol. The van der Waals surface area contributed by atoms with Crippen LogP contribution in [0.3, 0.4) is 0 Å². The molecule has 1 N–H and O–H groups in total. The summed E-state index contributed by atoms with van der Waals surface area (Å²) in [5.41, 5.74) is 3.00. The largest absolute Gasteiger partial charge is 0.337 e. The Balaban J connectivity index is 1.74. The van der Waals surface area contributed by atoms with Gasteiger partial charge in [-0.05, 0) is 69.3 Å². The van der Waals surface area contributed by atoms with Crippen LogP contribution in [0.15, 0.2) is 72.8 Å². The normalized spacial score (nSPS) is 10.9. The Morgan fingerprint density at radius 2 is 1.59 bits per heavy atom. The highest BCUT2D eigenvalue weighted by Crippen LogP contribution is 2.20. The number of likely N-dealkylation sites (N-methyl/N-ethyl adjacent to an activating group) is 1. The summed E-state index contributed by atoms with van der Waals surface area (Å²) >= 11 is 0. The van der Waals surface area contributed by atoms with Crippen LogP contribution in [0, 0.1) is 12.7 Å². The number of amides is 2. The topological polar surface area (TPSA) is 52.7 Å². The van der Waals surface area contributed by atoms with Gasteiger partial charge in [0.15, 0.2) is 0 Å². The zero-order valence-corrected chi connectivity index (χ0v) is 20.1. The number of halogens is 1. The minimum atomic E-state index is -0.585. The third-order valence-corrected chi connectivity index (χ3v) is 5.69.